The Morgan fingerprint density at radius 3 is 2.29 bits per heavy atom. The number of sulfone groups is 1. The van der Waals surface area contributed by atoms with E-state index in [2.05, 4.69) is 19.2 Å². The highest BCUT2D eigenvalue weighted by Gasteiger charge is 2.23. The summed E-state index contributed by atoms with van der Waals surface area (Å²) in [6, 6.07) is 8.64. The van der Waals surface area contributed by atoms with Crippen molar-refractivity contribution >= 4 is 9.84 Å². The molecule has 0 bridgehead atoms. The number of rotatable bonds is 6. The molecule has 1 aromatic carbocycles. The third-order valence-corrected chi connectivity index (χ3v) is 4.99. The molecular weight excluding hydrogens is 234 g/mol. The van der Waals surface area contributed by atoms with Crippen LogP contribution in [0.2, 0.25) is 0 Å². The Labute approximate surface area is 104 Å². The van der Waals surface area contributed by atoms with Crippen molar-refractivity contribution in [2.45, 2.75) is 31.2 Å². The van der Waals surface area contributed by atoms with Crippen molar-refractivity contribution in [2.75, 3.05) is 12.8 Å². The summed E-state index contributed by atoms with van der Waals surface area (Å²) in [5.41, 5.74) is 0. The fraction of sp³-hybridized carbons (Fsp3) is 0.538. The van der Waals surface area contributed by atoms with Crippen LogP contribution in [-0.4, -0.2) is 27.3 Å². The van der Waals surface area contributed by atoms with Gasteiger partial charge in [-0.1, -0.05) is 38.5 Å². The summed E-state index contributed by atoms with van der Waals surface area (Å²) in [6.07, 6.45) is 0.968. The van der Waals surface area contributed by atoms with E-state index in [1.807, 2.05) is 13.1 Å². The molecule has 0 aliphatic heterocycles. The smallest absolute Gasteiger partial charge is 0.179 e. The Morgan fingerprint density at radius 2 is 1.82 bits per heavy atom. The summed E-state index contributed by atoms with van der Waals surface area (Å²) in [5, 5.41) is 3.10. The zero-order chi connectivity index (χ0) is 12.9. The quantitative estimate of drug-likeness (QED) is 0.846. The van der Waals surface area contributed by atoms with Crippen LogP contribution in [0, 0.1) is 5.92 Å². The van der Waals surface area contributed by atoms with Crippen molar-refractivity contribution < 1.29 is 8.42 Å². The maximum Gasteiger partial charge on any atom is 0.179 e. The molecule has 1 N–H and O–H groups in total. The molecule has 0 saturated heterocycles. The molecule has 0 spiro atoms. The number of hydrogen-bond acceptors (Lipinski definition) is 3. The van der Waals surface area contributed by atoms with E-state index in [4.69, 9.17) is 0 Å². The predicted molar refractivity (Wildman–Crippen MR) is 70.8 cm³/mol. The van der Waals surface area contributed by atoms with E-state index in [0.29, 0.717) is 10.8 Å². The zero-order valence-electron chi connectivity index (χ0n) is 10.7. The van der Waals surface area contributed by atoms with Gasteiger partial charge in [-0.25, -0.2) is 8.42 Å². The Kier molecular flexibility index (Phi) is 5.15. The maximum atomic E-state index is 12.2. The third-order valence-electron chi connectivity index (χ3n) is 3.20. The Balaban J connectivity index is 2.86. The third kappa shape index (κ3) is 3.82. The Morgan fingerprint density at radius 1 is 1.24 bits per heavy atom. The second kappa shape index (κ2) is 6.17. The van der Waals surface area contributed by atoms with E-state index in [-0.39, 0.29) is 11.8 Å². The lowest BCUT2D eigenvalue weighted by atomic mass is 10.0. The summed E-state index contributed by atoms with van der Waals surface area (Å²) < 4.78 is 24.4. The van der Waals surface area contributed by atoms with Crippen LogP contribution in [-0.2, 0) is 9.84 Å². The van der Waals surface area contributed by atoms with Crippen LogP contribution in [0.3, 0.4) is 0 Å². The molecule has 1 rings (SSSR count). The normalized spacial score (nSPS) is 15.5. The first-order chi connectivity index (χ1) is 8.01. The van der Waals surface area contributed by atoms with Crippen molar-refractivity contribution in [2.24, 2.45) is 5.92 Å². The summed E-state index contributed by atoms with van der Waals surface area (Å²) in [5.74, 6) is 0.501. The van der Waals surface area contributed by atoms with Gasteiger partial charge in [-0.3, -0.25) is 0 Å². The highest BCUT2D eigenvalue weighted by molar-refractivity contribution is 7.91. The van der Waals surface area contributed by atoms with Crippen LogP contribution in [0.15, 0.2) is 35.2 Å². The zero-order valence-corrected chi connectivity index (χ0v) is 11.5. The minimum Gasteiger partial charge on any atom is -0.316 e. The monoisotopic (exact) mass is 255 g/mol. The van der Waals surface area contributed by atoms with Crippen LogP contribution >= 0.6 is 0 Å². The lowest BCUT2D eigenvalue weighted by molar-refractivity contribution is 0.414. The molecule has 0 aliphatic rings. The van der Waals surface area contributed by atoms with E-state index in [9.17, 15) is 8.42 Å². The molecule has 0 amide bonds. The van der Waals surface area contributed by atoms with Gasteiger partial charge in [0.15, 0.2) is 9.84 Å². The second-order valence-corrected chi connectivity index (χ2v) is 6.41. The Hall–Kier alpha value is -0.870. The highest BCUT2D eigenvalue weighted by Crippen LogP contribution is 2.15. The molecule has 0 fully saturated rings. The predicted octanol–water partition coefficient (Wildman–Crippen LogP) is 2.09. The minimum atomic E-state index is -3.19. The summed E-state index contributed by atoms with van der Waals surface area (Å²) >= 11 is 0. The van der Waals surface area contributed by atoms with Crippen LogP contribution < -0.4 is 5.32 Å². The number of hydrogen-bond donors (Lipinski definition) is 1. The van der Waals surface area contributed by atoms with Crippen molar-refractivity contribution in [1.82, 2.24) is 5.32 Å². The first-order valence-electron chi connectivity index (χ1n) is 5.96. The molecule has 0 heterocycles. The average molecular weight is 255 g/mol. The van der Waals surface area contributed by atoms with Gasteiger partial charge in [0, 0.05) is 6.04 Å². The van der Waals surface area contributed by atoms with Gasteiger partial charge in [0.1, 0.15) is 0 Å². The van der Waals surface area contributed by atoms with Gasteiger partial charge in [0.05, 0.1) is 10.6 Å². The summed E-state index contributed by atoms with van der Waals surface area (Å²) in [7, 11) is -1.37. The fourth-order valence-electron chi connectivity index (χ4n) is 1.78. The molecule has 3 nitrogen and oxygen atoms in total. The van der Waals surface area contributed by atoms with E-state index in [1.165, 1.54) is 0 Å². The second-order valence-electron chi connectivity index (χ2n) is 4.38. The van der Waals surface area contributed by atoms with Gasteiger partial charge >= 0.3 is 0 Å². The van der Waals surface area contributed by atoms with E-state index < -0.39 is 9.84 Å². The molecule has 2 atom stereocenters. The van der Waals surface area contributed by atoms with Crippen molar-refractivity contribution in [3.05, 3.63) is 30.3 Å². The molecule has 0 saturated carbocycles. The van der Waals surface area contributed by atoms with Crippen LogP contribution in [0.4, 0.5) is 0 Å². The molecule has 4 heteroatoms. The van der Waals surface area contributed by atoms with Crippen LogP contribution in [0.5, 0.6) is 0 Å². The molecule has 96 valence electrons. The standard InChI is InChI=1S/C13H21NO2S/c1-4-11(2)13(14-3)10-17(15,16)12-8-6-5-7-9-12/h5-9,11,13-14H,4,10H2,1-3H3. The van der Waals surface area contributed by atoms with Crippen LogP contribution in [0.1, 0.15) is 20.3 Å². The SMILES string of the molecule is CCC(C)C(CS(=O)(=O)c1ccccc1)NC. The lowest BCUT2D eigenvalue weighted by Gasteiger charge is -2.22. The molecule has 0 aromatic heterocycles. The van der Waals surface area contributed by atoms with Gasteiger partial charge < -0.3 is 5.32 Å². The number of nitrogens with one attached hydrogen (secondary N) is 1. The van der Waals surface area contributed by atoms with Crippen molar-refractivity contribution in [3.63, 3.8) is 0 Å². The van der Waals surface area contributed by atoms with E-state index >= 15 is 0 Å². The molecule has 0 aliphatic carbocycles. The van der Waals surface area contributed by atoms with E-state index in [1.54, 1.807) is 24.3 Å². The maximum absolute atomic E-state index is 12.2. The molecule has 2 unspecified atom stereocenters. The fourth-order valence-corrected chi connectivity index (χ4v) is 3.51. The first kappa shape index (κ1) is 14.2. The minimum absolute atomic E-state index is 0.00482. The molecule has 1 aromatic rings. The molecule has 17 heavy (non-hydrogen) atoms. The largest absolute Gasteiger partial charge is 0.316 e. The summed E-state index contributed by atoms with van der Waals surface area (Å²) in [4.78, 5) is 0.406. The van der Waals surface area contributed by atoms with Crippen LogP contribution in [0.25, 0.3) is 0 Å². The highest BCUT2D eigenvalue weighted by atomic mass is 32.2. The average Bonchev–Trinajstić information content (AvgIpc) is 2.36. The van der Waals surface area contributed by atoms with Gasteiger partial charge in [0.2, 0.25) is 0 Å². The Bertz CT molecular complexity index is 428. The molecular formula is C13H21NO2S. The first-order valence-corrected chi connectivity index (χ1v) is 7.61. The van der Waals surface area contributed by atoms with Crippen molar-refractivity contribution in [1.29, 1.82) is 0 Å². The topological polar surface area (TPSA) is 46.2 Å². The van der Waals surface area contributed by atoms with Gasteiger partial charge in [-0.05, 0) is 25.1 Å². The summed E-state index contributed by atoms with van der Waals surface area (Å²) in [6.45, 7) is 4.14. The van der Waals surface area contributed by atoms with E-state index in [0.717, 1.165) is 6.42 Å². The lowest BCUT2D eigenvalue weighted by Crippen LogP contribution is -2.38. The van der Waals surface area contributed by atoms with Gasteiger partial charge in [-0.15, -0.1) is 0 Å². The van der Waals surface area contributed by atoms with Gasteiger partial charge in [-0.2, -0.15) is 0 Å². The molecule has 0 radical (unpaired) electrons. The van der Waals surface area contributed by atoms with Crippen molar-refractivity contribution in [3.8, 4) is 0 Å². The number of benzene rings is 1. The van der Waals surface area contributed by atoms with Gasteiger partial charge in [0.25, 0.3) is 0 Å².